The number of amides is 1. The average Bonchev–Trinajstić information content (AvgIpc) is 3.04. The zero-order chi connectivity index (χ0) is 17.6. The van der Waals surface area contributed by atoms with Crippen LogP contribution in [0.5, 0.6) is 0 Å². The van der Waals surface area contributed by atoms with Gasteiger partial charge < -0.3 is 19.4 Å². The molecule has 1 aromatic rings. The molecular weight excluding hydrogens is 304 g/mol. The highest BCUT2D eigenvalue weighted by atomic mass is 16.6. The lowest BCUT2D eigenvalue weighted by molar-refractivity contribution is 0.0169. The highest BCUT2D eigenvalue weighted by Crippen LogP contribution is 2.24. The van der Waals surface area contributed by atoms with E-state index >= 15 is 0 Å². The van der Waals surface area contributed by atoms with E-state index < -0.39 is 5.60 Å². The number of aromatic nitrogens is 1. The van der Waals surface area contributed by atoms with Crippen LogP contribution in [0, 0.1) is 5.92 Å². The third-order valence-corrected chi connectivity index (χ3v) is 4.45. The average molecular weight is 336 g/mol. The van der Waals surface area contributed by atoms with Gasteiger partial charge in [0.25, 0.3) is 0 Å². The quantitative estimate of drug-likeness (QED) is 0.777. The largest absolute Gasteiger partial charge is 0.444 e. The van der Waals surface area contributed by atoms with Gasteiger partial charge >= 0.3 is 6.09 Å². The molecule has 0 aliphatic carbocycles. The van der Waals surface area contributed by atoms with E-state index in [2.05, 4.69) is 18.0 Å². The molecule has 1 aromatic heterocycles. The third kappa shape index (κ3) is 6.19. The molecule has 0 unspecified atom stereocenters. The van der Waals surface area contributed by atoms with E-state index in [-0.39, 0.29) is 12.2 Å². The van der Waals surface area contributed by atoms with Crippen molar-refractivity contribution in [3.05, 3.63) is 24.0 Å². The van der Waals surface area contributed by atoms with Gasteiger partial charge in [-0.05, 0) is 71.4 Å². The summed E-state index contributed by atoms with van der Waals surface area (Å²) in [4.78, 5) is 17.1. The number of nitrogens with one attached hydrogen (secondary N) is 1. The summed E-state index contributed by atoms with van der Waals surface area (Å²) in [7, 11) is 0. The molecule has 2 heterocycles. The number of carbonyl (C=O) groups excluding carboxylic acids is 1. The first-order chi connectivity index (χ1) is 11.3. The molecule has 2 rings (SSSR count). The molecule has 1 aliphatic heterocycles. The van der Waals surface area contributed by atoms with E-state index in [1.807, 2.05) is 37.9 Å². The van der Waals surface area contributed by atoms with Crippen LogP contribution in [0.2, 0.25) is 0 Å². The van der Waals surface area contributed by atoms with Crippen LogP contribution in [0.3, 0.4) is 0 Å². The third-order valence-electron chi connectivity index (χ3n) is 4.45. The van der Waals surface area contributed by atoms with Gasteiger partial charge in [-0.15, -0.1) is 0 Å². The van der Waals surface area contributed by atoms with E-state index in [4.69, 9.17) is 9.47 Å². The van der Waals surface area contributed by atoms with Crippen LogP contribution >= 0.6 is 0 Å². The number of aromatic amines is 1. The summed E-state index contributed by atoms with van der Waals surface area (Å²) in [6.45, 7) is 10.2. The van der Waals surface area contributed by atoms with E-state index in [9.17, 15) is 4.79 Å². The van der Waals surface area contributed by atoms with Crippen molar-refractivity contribution in [2.45, 2.75) is 65.1 Å². The fourth-order valence-corrected chi connectivity index (χ4v) is 3.05. The summed E-state index contributed by atoms with van der Waals surface area (Å²) in [6, 6.07) is 4.05. The molecular formula is C19H32N2O3. The number of likely N-dealkylation sites (tertiary alicyclic amines) is 1. The molecule has 0 spiro atoms. The molecule has 0 bridgehead atoms. The van der Waals surface area contributed by atoms with Gasteiger partial charge in [0.2, 0.25) is 0 Å². The van der Waals surface area contributed by atoms with E-state index in [0.29, 0.717) is 5.92 Å². The van der Waals surface area contributed by atoms with E-state index in [0.717, 1.165) is 44.7 Å². The number of carbonyl (C=O) groups is 1. The van der Waals surface area contributed by atoms with Gasteiger partial charge in [0, 0.05) is 31.6 Å². The van der Waals surface area contributed by atoms with Crippen LogP contribution in [0.4, 0.5) is 4.79 Å². The number of hydrogen-bond acceptors (Lipinski definition) is 3. The minimum Gasteiger partial charge on any atom is -0.444 e. The Hall–Kier alpha value is -1.49. The molecule has 0 saturated carbocycles. The van der Waals surface area contributed by atoms with Crippen LogP contribution in [0.1, 0.15) is 65.2 Å². The molecule has 1 N–H and O–H groups in total. The lowest BCUT2D eigenvalue weighted by Crippen LogP contribution is -2.41. The van der Waals surface area contributed by atoms with Gasteiger partial charge in [-0.3, -0.25) is 0 Å². The fraction of sp³-hybridized carbons (Fsp3) is 0.737. The molecule has 1 amide bonds. The summed E-state index contributed by atoms with van der Waals surface area (Å²) in [5.74, 6) is 0.688. The van der Waals surface area contributed by atoms with Crippen molar-refractivity contribution in [1.82, 2.24) is 9.88 Å². The Kier molecular flexibility index (Phi) is 6.72. The van der Waals surface area contributed by atoms with Gasteiger partial charge in [-0.1, -0.05) is 0 Å². The van der Waals surface area contributed by atoms with Crippen molar-refractivity contribution in [2.24, 2.45) is 5.92 Å². The Morgan fingerprint density at radius 1 is 1.38 bits per heavy atom. The van der Waals surface area contributed by atoms with E-state index in [1.165, 1.54) is 6.42 Å². The SMILES string of the molecule is C[C@@H](OCCCC1CCN(C(=O)OC(C)(C)C)CC1)c1ccc[nH]1. The monoisotopic (exact) mass is 336 g/mol. The van der Waals surface area contributed by atoms with E-state index in [1.54, 1.807) is 0 Å². The van der Waals surface area contributed by atoms with Crippen LogP contribution < -0.4 is 0 Å². The number of rotatable bonds is 6. The van der Waals surface area contributed by atoms with Crippen LogP contribution in [-0.2, 0) is 9.47 Å². The standard InChI is InChI=1S/C19H32N2O3/c1-15(17-8-5-11-20-17)23-14-6-7-16-9-12-21(13-10-16)18(22)24-19(2,3)4/h5,8,11,15-16,20H,6-7,9-10,12-14H2,1-4H3/t15-/m1/s1. The van der Waals surface area contributed by atoms with Crippen molar-refractivity contribution in [3.63, 3.8) is 0 Å². The Labute approximate surface area is 145 Å². The van der Waals surface area contributed by atoms with Gasteiger partial charge in [-0.25, -0.2) is 4.79 Å². The fourth-order valence-electron chi connectivity index (χ4n) is 3.05. The number of H-pyrrole nitrogens is 1. The summed E-state index contributed by atoms with van der Waals surface area (Å²) in [6.07, 6.45) is 6.23. The molecule has 5 nitrogen and oxygen atoms in total. The van der Waals surface area contributed by atoms with Gasteiger partial charge in [-0.2, -0.15) is 0 Å². The predicted octanol–water partition coefficient (Wildman–Crippen LogP) is 4.52. The summed E-state index contributed by atoms with van der Waals surface area (Å²) in [5, 5.41) is 0. The zero-order valence-electron chi connectivity index (χ0n) is 15.5. The maximum Gasteiger partial charge on any atom is 0.410 e. The van der Waals surface area contributed by atoms with Crippen molar-refractivity contribution in [2.75, 3.05) is 19.7 Å². The van der Waals surface area contributed by atoms with Crippen molar-refractivity contribution < 1.29 is 14.3 Å². The molecule has 24 heavy (non-hydrogen) atoms. The maximum absolute atomic E-state index is 12.0. The van der Waals surface area contributed by atoms with Gasteiger partial charge in [0.1, 0.15) is 5.60 Å². The van der Waals surface area contributed by atoms with Crippen LogP contribution in [-0.4, -0.2) is 41.3 Å². The lowest BCUT2D eigenvalue weighted by Gasteiger charge is -2.33. The Morgan fingerprint density at radius 2 is 2.08 bits per heavy atom. The van der Waals surface area contributed by atoms with Crippen molar-refractivity contribution in [3.8, 4) is 0 Å². The topological polar surface area (TPSA) is 54.6 Å². The first-order valence-electron chi connectivity index (χ1n) is 9.08. The van der Waals surface area contributed by atoms with Gasteiger partial charge in [0.15, 0.2) is 0 Å². The number of ether oxygens (including phenoxy) is 2. The summed E-state index contributed by atoms with van der Waals surface area (Å²) >= 11 is 0. The maximum atomic E-state index is 12.0. The van der Waals surface area contributed by atoms with Crippen molar-refractivity contribution >= 4 is 6.09 Å². The Bertz CT molecular complexity index is 485. The smallest absolute Gasteiger partial charge is 0.410 e. The lowest BCUT2D eigenvalue weighted by atomic mass is 9.92. The molecule has 0 radical (unpaired) electrons. The zero-order valence-corrected chi connectivity index (χ0v) is 15.5. The molecule has 5 heteroatoms. The molecule has 1 saturated heterocycles. The number of nitrogens with zero attached hydrogens (tertiary/aromatic N) is 1. The Morgan fingerprint density at radius 3 is 2.67 bits per heavy atom. The molecule has 1 fully saturated rings. The van der Waals surface area contributed by atoms with Crippen LogP contribution in [0.15, 0.2) is 18.3 Å². The highest BCUT2D eigenvalue weighted by Gasteiger charge is 2.26. The van der Waals surface area contributed by atoms with Gasteiger partial charge in [0.05, 0.1) is 6.10 Å². The summed E-state index contributed by atoms with van der Waals surface area (Å²) in [5.41, 5.74) is 0.710. The van der Waals surface area contributed by atoms with Crippen molar-refractivity contribution in [1.29, 1.82) is 0 Å². The first kappa shape index (κ1) is 18.8. The molecule has 1 atom stereocenters. The molecule has 0 aromatic carbocycles. The second-order valence-electron chi connectivity index (χ2n) is 7.69. The summed E-state index contributed by atoms with van der Waals surface area (Å²) < 4.78 is 11.3. The minimum absolute atomic E-state index is 0.119. The van der Waals surface area contributed by atoms with Crippen LogP contribution in [0.25, 0.3) is 0 Å². The normalized spacial score (nSPS) is 17.8. The Balaban J connectivity index is 1.59. The number of piperidine rings is 1. The minimum atomic E-state index is -0.416. The second-order valence-corrected chi connectivity index (χ2v) is 7.69. The predicted molar refractivity (Wildman–Crippen MR) is 94.9 cm³/mol. The second kappa shape index (κ2) is 8.56. The molecule has 136 valence electrons. The number of hydrogen-bond donors (Lipinski definition) is 1. The molecule has 1 aliphatic rings. The first-order valence-corrected chi connectivity index (χ1v) is 9.08. The highest BCUT2D eigenvalue weighted by molar-refractivity contribution is 5.68.